The highest BCUT2D eigenvalue weighted by Gasteiger charge is 2.27. The molecular formula is C21H26N4O3S2. The van der Waals surface area contributed by atoms with Crippen LogP contribution in [0.2, 0.25) is 0 Å². The molecule has 0 N–H and O–H groups in total. The summed E-state index contributed by atoms with van der Waals surface area (Å²) in [7, 11) is 0. The third-order valence-electron chi connectivity index (χ3n) is 5.62. The third-order valence-corrected chi connectivity index (χ3v) is 7.33. The summed E-state index contributed by atoms with van der Waals surface area (Å²) < 4.78 is 0. The molecule has 3 amide bonds. The minimum Gasteiger partial charge on any atom is -0.338 e. The van der Waals surface area contributed by atoms with E-state index in [0.717, 1.165) is 29.3 Å². The van der Waals surface area contributed by atoms with Crippen LogP contribution in [0.1, 0.15) is 25.8 Å². The minimum absolute atomic E-state index is 0.0557. The highest BCUT2D eigenvalue weighted by molar-refractivity contribution is 7.12. The number of rotatable bonds is 4. The van der Waals surface area contributed by atoms with Gasteiger partial charge in [0, 0.05) is 52.4 Å². The molecule has 7 nitrogen and oxygen atoms in total. The normalized spacial score (nSPS) is 18.3. The van der Waals surface area contributed by atoms with Gasteiger partial charge in [-0.3, -0.25) is 19.3 Å². The summed E-state index contributed by atoms with van der Waals surface area (Å²) in [6.07, 6.45) is 0.869. The molecule has 2 aliphatic heterocycles. The van der Waals surface area contributed by atoms with Crippen molar-refractivity contribution < 1.29 is 14.4 Å². The van der Waals surface area contributed by atoms with Crippen LogP contribution in [0, 0.1) is 0 Å². The van der Waals surface area contributed by atoms with Crippen molar-refractivity contribution in [2.75, 3.05) is 58.9 Å². The molecule has 160 valence electrons. The Hall–Kier alpha value is -2.23. The van der Waals surface area contributed by atoms with Gasteiger partial charge in [-0.15, -0.1) is 22.7 Å². The quantitative estimate of drug-likeness (QED) is 0.720. The first-order valence-corrected chi connectivity index (χ1v) is 12.0. The largest absolute Gasteiger partial charge is 0.338 e. The van der Waals surface area contributed by atoms with Crippen LogP contribution in [-0.2, 0) is 4.79 Å². The molecule has 2 aromatic rings. The molecule has 0 bridgehead atoms. The van der Waals surface area contributed by atoms with Crippen LogP contribution in [0.15, 0.2) is 35.0 Å². The fourth-order valence-corrected chi connectivity index (χ4v) is 5.28. The summed E-state index contributed by atoms with van der Waals surface area (Å²) in [6.45, 7) is 5.57. The first-order valence-electron chi connectivity index (χ1n) is 10.3. The molecule has 2 aromatic heterocycles. The lowest BCUT2D eigenvalue weighted by atomic mass is 10.2. The van der Waals surface area contributed by atoms with Gasteiger partial charge in [-0.1, -0.05) is 12.1 Å². The van der Waals surface area contributed by atoms with Crippen molar-refractivity contribution in [2.24, 2.45) is 0 Å². The topological polar surface area (TPSA) is 64.2 Å². The predicted molar refractivity (Wildman–Crippen MR) is 118 cm³/mol. The Kier molecular flexibility index (Phi) is 6.81. The molecule has 2 saturated heterocycles. The predicted octanol–water partition coefficient (Wildman–Crippen LogP) is 1.94. The van der Waals surface area contributed by atoms with E-state index in [1.807, 2.05) is 49.7 Å². The lowest BCUT2D eigenvalue weighted by molar-refractivity contribution is -0.133. The molecule has 4 rings (SSSR count). The molecule has 4 heterocycles. The maximum absolute atomic E-state index is 12.8. The van der Waals surface area contributed by atoms with Gasteiger partial charge in [0.05, 0.1) is 16.3 Å². The zero-order chi connectivity index (χ0) is 20.9. The summed E-state index contributed by atoms with van der Waals surface area (Å²) in [5.41, 5.74) is 0. The maximum Gasteiger partial charge on any atom is 0.264 e. The highest BCUT2D eigenvalue weighted by atomic mass is 32.1. The summed E-state index contributed by atoms with van der Waals surface area (Å²) in [5, 5.41) is 3.83. The van der Waals surface area contributed by atoms with Crippen molar-refractivity contribution >= 4 is 40.4 Å². The Morgan fingerprint density at radius 2 is 1.23 bits per heavy atom. The molecule has 9 heteroatoms. The molecule has 0 radical (unpaired) electrons. The van der Waals surface area contributed by atoms with Gasteiger partial charge in [0.15, 0.2) is 0 Å². The van der Waals surface area contributed by atoms with Crippen LogP contribution >= 0.6 is 22.7 Å². The first kappa shape index (κ1) is 21.0. The summed E-state index contributed by atoms with van der Waals surface area (Å²) in [6, 6.07) is 7.49. The van der Waals surface area contributed by atoms with Gasteiger partial charge in [0.1, 0.15) is 0 Å². The Bertz CT molecular complexity index is 861. The second kappa shape index (κ2) is 9.72. The van der Waals surface area contributed by atoms with Crippen molar-refractivity contribution in [1.29, 1.82) is 0 Å². The second-order valence-corrected chi connectivity index (χ2v) is 9.44. The van der Waals surface area contributed by atoms with Gasteiger partial charge in [-0.05, 0) is 29.3 Å². The molecule has 0 unspecified atom stereocenters. The van der Waals surface area contributed by atoms with E-state index in [1.54, 1.807) is 0 Å². The SMILES string of the molecule is O=C(CN1CCCN(C(=O)c2cccs2)CC1)N1CCN(C(=O)c2cccs2)CC1. The van der Waals surface area contributed by atoms with Crippen LogP contribution < -0.4 is 0 Å². The monoisotopic (exact) mass is 446 g/mol. The second-order valence-electron chi connectivity index (χ2n) is 7.55. The molecule has 30 heavy (non-hydrogen) atoms. The van der Waals surface area contributed by atoms with Crippen molar-refractivity contribution in [3.63, 3.8) is 0 Å². The zero-order valence-electron chi connectivity index (χ0n) is 16.9. The van der Waals surface area contributed by atoms with Crippen LogP contribution in [0.3, 0.4) is 0 Å². The Morgan fingerprint density at radius 3 is 1.80 bits per heavy atom. The number of amides is 3. The average molecular weight is 447 g/mol. The molecule has 0 aliphatic carbocycles. The summed E-state index contributed by atoms with van der Waals surface area (Å²) >= 11 is 2.92. The van der Waals surface area contributed by atoms with Crippen LogP contribution in [-0.4, -0.2) is 96.2 Å². The standard InChI is InChI=1S/C21H26N4O3S2/c26-19(23-10-12-25(13-11-23)21(28)18-5-2-15-30-18)16-22-6-3-7-24(9-8-22)20(27)17-4-1-14-29-17/h1-2,4-5,14-15H,3,6-13,16H2. The Balaban J connectivity index is 1.23. The van der Waals surface area contributed by atoms with Gasteiger partial charge in [-0.25, -0.2) is 0 Å². The number of hydrogen-bond donors (Lipinski definition) is 0. The van der Waals surface area contributed by atoms with Crippen molar-refractivity contribution in [3.05, 3.63) is 44.8 Å². The van der Waals surface area contributed by atoms with Gasteiger partial charge < -0.3 is 14.7 Å². The van der Waals surface area contributed by atoms with E-state index in [4.69, 9.17) is 0 Å². The number of hydrogen-bond acceptors (Lipinski definition) is 6. The highest BCUT2D eigenvalue weighted by Crippen LogP contribution is 2.16. The van der Waals surface area contributed by atoms with E-state index in [0.29, 0.717) is 45.8 Å². The van der Waals surface area contributed by atoms with Crippen molar-refractivity contribution in [3.8, 4) is 0 Å². The molecule has 2 fully saturated rings. The number of carbonyl (C=O) groups excluding carboxylic acids is 3. The fraction of sp³-hybridized carbons (Fsp3) is 0.476. The van der Waals surface area contributed by atoms with E-state index in [9.17, 15) is 14.4 Å². The number of piperazine rings is 1. The molecule has 0 aromatic carbocycles. The van der Waals surface area contributed by atoms with Crippen LogP contribution in [0.4, 0.5) is 0 Å². The summed E-state index contributed by atoms with van der Waals surface area (Å²) in [4.78, 5) is 47.1. The zero-order valence-corrected chi connectivity index (χ0v) is 18.5. The van der Waals surface area contributed by atoms with Gasteiger partial charge >= 0.3 is 0 Å². The van der Waals surface area contributed by atoms with Crippen molar-refractivity contribution in [1.82, 2.24) is 19.6 Å². The first-order chi connectivity index (χ1) is 14.6. The molecular weight excluding hydrogens is 420 g/mol. The van der Waals surface area contributed by atoms with E-state index in [1.165, 1.54) is 22.7 Å². The van der Waals surface area contributed by atoms with Gasteiger partial charge in [-0.2, -0.15) is 0 Å². The molecule has 0 atom stereocenters. The Labute approximate surface area is 184 Å². The minimum atomic E-state index is 0.0557. The fourth-order valence-electron chi connectivity index (χ4n) is 3.89. The average Bonchev–Trinajstić information content (AvgIpc) is 3.45. The van der Waals surface area contributed by atoms with Gasteiger partial charge in [0.2, 0.25) is 5.91 Å². The number of thiophene rings is 2. The van der Waals surface area contributed by atoms with Gasteiger partial charge in [0.25, 0.3) is 11.8 Å². The number of nitrogens with zero attached hydrogens (tertiary/aromatic N) is 4. The van der Waals surface area contributed by atoms with E-state index in [2.05, 4.69) is 4.90 Å². The third kappa shape index (κ3) is 4.91. The maximum atomic E-state index is 12.8. The lowest BCUT2D eigenvalue weighted by Crippen LogP contribution is -2.52. The van der Waals surface area contributed by atoms with E-state index >= 15 is 0 Å². The molecule has 2 aliphatic rings. The Morgan fingerprint density at radius 1 is 0.700 bits per heavy atom. The summed E-state index contributed by atoms with van der Waals surface area (Å²) in [5.74, 6) is 0.251. The van der Waals surface area contributed by atoms with Crippen LogP contribution in [0.5, 0.6) is 0 Å². The smallest absolute Gasteiger partial charge is 0.264 e. The van der Waals surface area contributed by atoms with Crippen molar-refractivity contribution in [2.45, 2.75) is 6.42 Å². The number of carbonyl (C=O) groups is 3. The lowest BCUT2D eigenvalue weighted by Gasteiger charge is -2.35. The van der Waals surface area contributed by atoms with E-state index < -0.39 is 0 Å². The molecule has 0 spiro atoms. The molecule has 0 saturated carbocycles. The van der Waals surface area contributed by atoms with Crippen LogP contribution in [0.25, 0.3) is 0 Å². The van der Waals surface area contributed by atoms with E-state index in [-0.39, 0.29) is 17.7 Å².